The number of carbonyl (C=O) groups excluding carboxylic acids is 2. The van der Waals surface area contributed by atoms with Crippen LogP contribution in [0.2, 0.25) is 0 Å². The summed E-state index contributed by atoms with van der Waals surface area (Å²) in [5.41, 5.74) is 0.536. The Bertz CT molecular complexity index is 865. The van der Waals surface area contributed by atoms with Crippen molar-refractivity contribution in [3.8, 4) is 11.5 Å². The van der Waals surface area contributed by atoms with Crippen molar-refractivity contribution in [2.45, 2.75) is 0 Å². The van der Waals surface area contributed by atoms with Crippen molar-refractivity contribution in [1.29, 1.82) is 0 Å². The van der Waals surface area contributed by atoms with Gasteiger partial charge in [0.05, 0.1) is 11.1 Å². The number of hydrogen-bond donors (Lipinski definition) is 0. The molecule has 6 heteroatoms. The fourth-order valence-electron chi connectivity index (χ4n) is 2.56. The molecule has 0 N–H and O–H groups in total. The normalized spacial score (nSPS) is 10.1. The van der Waals surface area contributed by atoms with E-state index in [1.807, 2.05) is 60.7 Å². The van der Waals surface area contributed by atoms with Crippen LogP contribution >= 0.6 is 0 Å². The summed E-state index contributed by atoms with van der Waals surface area (Å²) in [6, 6.07) is 24.7. The van der Waals surface area contributed by atoms with E-state index in [9.17, 15) is 9.59 Å². The summed E-state index contributed by atoms with van der Waals surface area (Å²) in [6.45, 7) is 0.663. The Morgan fingerprint density at radius 3 is 1.40 bits per heavy atom. The second-order valence-corrected chi connectivity index (χ2v) is 6.18. The van der Waals surface area contributed by atoms with Crippen molar-refractivity contribution in [2.75, 3.05) is 26.4 Å². The summed E-state index contributed by atoms with van der Waals surface area (Å²) in [5, 5.41) is 0. The highest BCUT2D eigenvalue weighted by atomic mass is 16.6. The molecule has 0 aliphatic carbocycles. The van der Waals surface area contributed by atoms with Gasteiger partial charge < -0.3 is 18.9 Å². The lowest BCUT2D eigenvalue weighted by molar-refractivity contribution is 0.0447. The molecule has 3 aromatic carbocycles. The molecule has 0 saturated carbocycles. The van der Waals surface area contributed by atoms with Crippen LogP contribution in [0.15, 0.2) is 84.9 Å². The first-order valence-corrected chi connectivity index (χ1v) is 9.52. The molecule has 0 unspecified atom stereocenters. The van der Waals surface area contributed by atoms with Gasteiger partial charge in [-0.15, -0.1) is 0 Å². The van der Waals surface area contributed by atoms with E-state index in [1.54, 1.807) is 18.2 Å². The molecule has 0 atom stereocenters. The third kappa shape index (κ3) is 6.67. The van der Waals surface area contributed by atoms with Gasteiger partial charge in [-0.3, -0.25) is 0 Å². The molecule has 0 saturated heterocycles. The van der Waals surface area contributed by atoms with Crippen molar-refractivity contribution in [2.24, 2.45) is 0 Å². The molecule has 0 fully saturated rings. The molecule has 0 aliphatic rings. The zero-order chi connectivity index (χ0) is 21.0. The molecule has 0 radical (unpaired) electrons. The van der Waals surface area contributed by atoms with E-state index >= 15 is 0 Å². The Hall–Kier alpha value is -3.80. The number of hydrogen-bond acceptors (Lipinski definition) is 6. The maximum absolute atomic E-state index is 12.2. The van der Waals surface area contributed by atoms with Gasteiger partial charge in [0.2, 0.25) is 0 Å². The van der Waals surface area contributed by atoms with Gasteiger partial charge in [-0.05, 0) is 42.5 Å². The first kappa shape index (κ1) is 20.9. The molecular formula is C24H22O6. The van der Waals surface area contributed by atoms with Crippen LogP contribution in [0.25, 0.3) is 0 Å². The molecular weight excluding hydrogens is 384 g/mol. The van der Waals surface area contributed by atoms with Gasteiger partial charge >= 0.3 is 11.9 Å². The predicted molar refractivity (Wildman–Crippen MR) is 111 cm³/mol. The number of rotatable bonds is 10. The zero-order valence-electron chi connectivity index (χ0n) is 16.4. The summed E-state index contributed by atoms with van der Waals surface area (Å²) < 4.78 is 21.3. The second kappa shape index (κ2) is 11.3. The Labute approximate surface area is 175 Å². The number of benzene rings is 3. The van der Waals surface area contributed by atoms with E-state index in [4.69, 9.17) is 18.9 Å². The summed E-state index contributed by atoms with van der Waals surface area (Å²) in [7, 11) is 0. The van der Waals surface area contributed by atoms with E-state index in [1.165, 1.54) is 6.07 Å². The Morgan fingerprint density at radius 2 is 0.967 bits per heavy atom. The van der Waals surface area contributed by atoms with E-state index in [2.05, 4.69) is 0 Å². The van der Waals surface area contributed by atoms with E-state index in [0.29, 0.717) is 11.5 Å². The maximum Gasteiger partial charge on any atom is 0.338 e. The Morgan fingerprint density at radius 1 is 0.533 bits per heavy atom. The van der Waals surface area contributed by atoms with E-state index < -0.39 is 11.9 Å². The number of carbonyl (C=O) groups is 2. The molecule has 30 heavy (non-hydrogen) atoms. The van der Waals surface area contributed by atoms with Crippen LogP contribution in [0.5, 0.6) is 11.5 Å². The largest absolute Gasteiger partial charge is 0.490 e. The summed E-state index contributed by atoms with van der Waals surface area (Å²) in [5.74, 6) is 0.339. The fourth-order valence-corrected chi connectivity index (χ4v) is 2.56. The first-order valence-electron chi connectivity index (χ1n) is 9.52. The summed E-state index contributed by atoms with van der Waals surface area (Å²) in [4.78, 5) is 24.4. The van der Waals surface area contributed by atoms with E-state index in [0.717, 1.165) is 0 Å². The highest BCUT2D eigenvalue weighted by Gasteiger charge is 2.12. The molecule has 3 aromatic rings. The zero-order valence-corrected chi connectivity index (χ0v) is 16.4. The Balaban J connectivity index is 1.41. The van der Waals surface area contributed by atoms with Crippen LogP contribution in [-0.4, -0.2) is 38.4 Å². The second-order valence-electron chi connectivity index (χ2n) is 6.18. The first-order chi connectivity index (χ1) is 14.7. The minimum atomic E-state index is -0.534. The average molecular weight is 406 g/mol. The van der Waals surface area contributed by atoms with Gasteiger partial charge in [-0.2, -0.15) is 0 Å². The predicted octanol–water partition coefficient (Wildman–Crippen LogP) is 4.16. The minimum Gasteiger partial charge on any atom is -0.490 e. The maximum atomic E-state index is 12.2. The van der Waals surface area contributed by atoms with Crippen LogP contribution < -0.4 is 9.47 Å². The molecule has 0 bridgehead atoms. The van der Waals surface area contributed by atoms with Crippen LogP contribution in [0.1, 0.15) is 20.7 Å². The van der Waals surface area contributed by atoms with Gasteiger partial charge in [-0.25, -0.2) is 9.59 Å². The standard InChI is InChI=1S/C24H22O6/c25-23(29-16-14-27-21-10-3-1-4-11-21)19-8-7-9-20(18-19)24(26)30-17-15-28-22-12-5-2-6-13-22/h1-13,18H,14-17H2. The van der Waals surface area contributed by atoms with Crippen molar-refractivity contribution in [3.63, 3.8) is 0 Å². The number of para-hydroxylation sites is 2. The van der Waals surface area contributed by atoms with Crippen molar-refractivity contribution < 1.29 is 28.5 Å². The third-order valence-electron chi connectivity index (χ3n) is 3.99. The van der Waals surface area contributed by atoms with E-state index in [-0.39, 0.29) is 37.6 Å². The molecule has 0 aromatic heterocycles. The number of esters is 2. The molecule has 0 aliphatic heterocycles. The van der Waals surface area contributed by atoms with Crippen molar-refractivity contribution in [1.82, 2.24) is 0 Å². The minimum absolute atomic E-state index is 0.0965. The third-order valence-corrected chi connectivity index (χ3v) is 3.99. The highest BCUT2D eigenvalue weighted by molar-refractivity contribution is 5.95. The fraction of sp³-hybridized carbons (Fsp3) is 0.167. The van der Waals surface area contributed by atoms with Crippen LogP contribution in [0.3, 0.4) is 0 Å². The molecule has 6 nitrogen and oxygen atoms in total. The smallest absolute Gasteiger partial charge is 0.338 e. The van der Waals surface area contributed by atoms with Gasteiger partial charge in [0, 0.05) is 0 Å². The SMILES string of the molecule is O=C(OCCOc1ccccc1)c1cccc(C(=O)OCCOc2ccccc2)c1. The lowest BCUT2D eigenvalue weighted by Gasteiger charge is -2.09. The summed E-state index contributed by atoms with van der Waals surface area (Å²) in [6.07, 6.45) is 0. The molecule has 154 valence electrons. The highest BCUT2D eigenvalue weighted by Crippen LogP contribution is 2.11. The average Bonchev–Trinajstić information content (AvgIpc) is 2.81. The molecule has 0 amide bonds. The topological polar surface area (TPSA) is 71.1 Å². The van der Waals surface area contributed by atoms with Crippen molar-refractivity contribution in [3.05, 3.63) is 96.1 Å². The van der Waals surface area contributed by atoms with Gasteiger partial charge in [0.25, 0.3) is 0 Å². The quantitative estimate of drug-likeness (QED) is 0.372. The lowest BCUT2D eigenvalue weighted by atomic mass is 10.1. The molecule has 0 spiro atoms. The van der Waals surface area contributed by atoms with Gasteiger partial charge in [0.15, 0.2) is 0 Å². The van der Waals surface area contributed by atoms with Crippen LogP contribution in [-0.2, 0) is 9.47 Å². The molecule has 0 heterocycles. The number of ether oxygens (including phenoxy) is 4. The Kier molecular flexibility index (Phi) is 7.85. The van der Waals surface area contributed by atoms with Crippen molar-refractivity contribution >= 4 is 11.9 Å². The monoisotopic (exact) mass is 406 g/mol. The lowest BCUT2D eigenvalue weighted by Crippen LogP contribution is -2.14. The van der Waals surface area contributed by atoms with Crippen LogP contribution in [0, 0.1) is 0 Å². The van der Waals surface area contributed by atoms with Gasteiger partial charge in [-0.1, -0.05) is 42.5 Å². The van der Waals surface area contributed by atoms with Crippen LogP contribution in [0.4, 0.5) is 0 Å². The molecule has 3 rings (SSSR count). The summed E-state index contributed by atoms with van der Waals surface area (Å²) >= 11 is 0. The van der Waals surface area contributed by atoms with Gasteiger partial charge in [0.1, 0.15) is 37.9 Å².